The van der Waals surface area contributed by atoms with E-state index in [-0.39, 0.29) is 5.91 Å². The number of rotatable bonds is 3. The normalized spacial score (nSPS) is 16.5. The van der Waals surface area contributed by atoms with E-state index in [9.17, 15) is 4.79 Å². The molecule has 2 aliphatic rings. The Balaban J connectivity index is 1.45. The number of fused-ring (bicyclic) bond motifs is 2. The second-order valence-corrected chi connectivity index (χ2v) is 9.04. The number of hydrogen-bond donors (Lipinski definition) is 0. The number of amides is 1. The van der Waals surface area contributed by atoms with Gasteiger partial charge in [0.05, 0.1) is 17.6 Å². The van der Waals surface area contributed by atoms with Gasteiger partial charge in [-0.05, 0) is 57.5 Å². The Morgan fingerprint density at radius 1 is 1.00 bits per heavy atom. The summed E-state index contributed by atoms with van der Waals surface area (Å²) < 4.78 is 4.14. The first-order valence-corrected chi connectivity index (χ1v) is 11.6. The van der Waals surface area contributed by atoms with Crippen molar-refractivity contribution in [2.45, 2.75) is 26.2 Å². The molecule has 4 aromatic rings. The lowest BCUT2D eigenvalue weighted by Crippen LogP contribution is -2.47. The van der Waals surface area contributed by atoms with E-state index in [2.05, 4.69) is 27.6 Å². The average Bonchev–Trinajstić information content (AvgIpc) is 3.53. The van der Waals surface area contributed by atoms with Gasteiger partial charge in [0.25, 0.3) is 5.91 Å². The molecular weight excluding hydrogens is 414 g/mol. The molecule has 0 spiro atoms. The molecule has 1 amide bonds. The Kier molecular flexibility index (Phi) is 4.76. The smallest absolute Gasteiger partial charge is 0.272 e. The van der Waals surface area contributed by atoms with Crippen LogP contribution in [-0.2, 0) is 12.8 Å². The van der Waals surface area contributed by atoms with Crippen molar-refractivity contribution in [2.24, 2.45) is 0 Å². The summed E-state index contributed by atoms with van der Waals surface area (Å²) in [6, 6.07) is 10.1. The maximum absolute atomic E-state index is 13.3. The van der Waals surface area contributed by atoms with E-state index in [4.69, 9.17) is 9.97 Å². The first kappa shape index (κ1) is 20.1. The number of carbonyl (C=O) groups is 1. The zero-order valence-corrected chi connectivity index (χ0v) is 19.0. The molecule has 168 valence electrons. The monoisotopic (exact) mass is 441 g/mol. The molecule has 0 unspecified atom stereocenters. The summed E-state index contributed by atoms with van der Waals surface area (Å²) in [5.74, 6) is 0.888. The Bertz CT molecular complexity index is 1360. The molecule has 8 nitrogen and oxygen atoms in total. The number of pyridine rings is 2. The number of hydrogen-bond acceptors (Lipinski definition) is 5. The molecule has 0 bridgehead atoms. The van der Waals surface area contributed by atoms with Crippen molar-refractivity contribution >= 4 is 11.6 Å². The summed E-state index contributed by atoms with van der Waals surface area (Å²) in [7, 11) is 2.09. The third-order valence-electron chi connectivity index (χ3n) is 6.76. The van der Waals surface area contributed by atoms with Gasteiger partial charge in [-0.3, -0.25) is 13.8 Å². The van der Waals surface area contributed by atoms with Gasteiger partial charge < -0.3 is 9.80 Å². The lowest BCUT2D eigenvalue weighted by atomic mass is 10.2. The first-order chi connectivity index (χ1) is 16.1. The number of aromatic nitrogens is 5. The van der Waals surface area contributed by atoms with E-state index in [1.165, 1.54) is 5.69 Å². The van der Waals surface area contributed by atoms with Crippen LogP contribution in [0.2, 0.25) is 0 Å². The molecule has 0 aromatic carbocycles. The SMILES string of the molecule is Cc1cccc(-c2nc3c(n2-c2ccc4ncc(C(=O)N5CCN(C)CC5)n4c2)CCC3)n1. The Morgan fingerprint density at radius 2 is 1.85 bits per heavy atom. The van der Waals surface area contributed by atoms with E-state index in [0.29, 0.717) is 5.69 Å². The summed E-state index contributed by atoms with van der Waals surface area (Å²) in [6.45, 7) is 5.25. The highest BCUT2D eigenvalue weighted by Crippen LogP contribution is 2.31. The molecule has 1 aliphatic heterocycles. The molecular formula is C25H27N7O. The lowest BCUT2D eigenvalue weighted by molar-refractivity contribution is 0.0657. The largest absolute Gasteiger partial charge is 0.335 e. The lowest BCUT2D eigenvalue weighted by Gasteiger charge is -2.32. The van der Waals surface area contributed by atoms with Crippen molar-refractivity contribution in [3.63, 3.8) is 0 Å². The fourth-order valence-electron chi connectivity index (χ4n) is 4.93. The minimum atomic E-state index is 0.0317. The van der Waals surface area contributed by atoms with Crippen molar-refractivity contribution in [3.05, 3.63) is 65.5 Å². The maximum atomic E-state index is 13.3. The summed E-state index contributed by atoms with van der Waals surface area (Å²) in [4.78, 5) is 31.7. The van der Waals surface area contributed by atoms with Crippen molar-refractivity contribution in [3.8, 4) is 17.2 Å². The number of likely N-dealkylation sites (N-methyl/N-ethyl adjacent to an activating group) is 1. The third-order valence-corrected chi connectivity index (χ3v) is 6.76. The fraction of sp³-hybridized carbons (Fsp3) is 0.360. The van der Waals surface area contributed by atoms with Gasteiger partial charge in [0.1, 0.15) is 17.0 Å². The zero-order chi connectivity index (χ0) is 22.5. The third kappa shape index (κ3) is 3.41. The van der Waals surface area contributed by atoms with Gasteiger partial charge in [-0.15, -0.1) is 0 Å². The molecule has 0 N–H and O–H groups in total. The second-order valence-electron chi connectivity index (χ2n) is 9.04. The summed E-state index contributed by atoms with van der Waals surface area (Å²) in [5, 5.41) is 0. The molecule has 1 aliphatic carbocycles. The van der Waals surface area contributed by atoms with Crippen LogP contribution in [0.1, 0.15) is 34.0 Å². The van der Waals surface area contributed by atoms with Gasteiger partial charge in [-0.1, -0.05) is 6.07 Å². The van der Waals surface area contributed by atoms with Crippen LogP contribution in [-0.4, -0.2) is 72.9 Å². The molecule has 0 saturated carbocycles. The Labute approximate surface area is 192 Å². The van der Waals surface area contributed by atoms with Gasteiger partial charge in [0, 0.05) is 43.8 Å². The quantitative estimate of drug-likeness (QED) is 0.489. The number of nitrogens with zero attached hydrogens (tertiary/aromatic N) is 7. The molecule has 4 aromatic heterocycles. The molecule has 1 fully saturated rings. The van der Waals surface area contributed by atoms with Crippen molar-refractivity contribution in [2.75, 3.05) is 33.2 Å². The number of imidazole rings is 2. The van der Waals surface area contributed by atoms with Crippen LogP contribution in [0, 0.1) is 6.92 Å². The number of carbonyl (C=O) groups excluding carboxylic acids is 1. The highest BCUT2D eigenvalue weighted by molar-refractivity contribution is 5.93. The standard InChI is InChI=1S/C25H27N7O/c1-17-5-3-7-20(27-17)24-28-19-6-4-8-21(19)32(24)18-9-10-23-26-15-22(31(23)16-18)25(33)30-13-11-29(2)12-14-30/h3,5,7,9-10,15-16H,4,6,8,11-14H2,1-2H3. The molecule has 33 heavy (non-hydrogen) atoms. The van der Waals surface area contributed by atoms with Crippen molar-refractivity contribution < 1.29 is 4.79 Å². The van der Waals surface area contributed by atoms with Crippen LogP contribution >= 0.6 is 0 Å². The molecule has 0 atom stereocenters. The predicted octanol–water partition coefficient (Wildman–Crippen LogP) is 2.77. The van der Waals surface area contributed by atoms with Crippen LogP contribution in [0.3, 0.4) is 0 Å². The van der Waals surface area contributed by atoms with Gasteiger partial charge in [0.15, 0.2) is 5.82 Å². The fourth-order valence-corrected chi connectivity index (χ4v) is 4.93. The summed E-state index contributed by atoms with van der Waals surface area (Å²) >= 11 is 0. The maximum Gasteiger partial charge on any atom is 0.272 e. The highest BCUT2D eigenvalue weighted by Gasteiger charge is 2.26. The second kappa shape index (κ2) is 7.81. The predicted molar refractivity (Wildman–Crippen MR) is 126 cm³/mol. The van der Waals surface area contributed by atoms with Crippen LogP contribution in [0.4, 0.5) is 0 Å². The molecule has 8 heteroatoms. The molecule has 6 rings (SSSR count). The minimum Gasteiger partial charge on any atom is -0.335 e. The molecule has 1 saturated heterocycles. The van der Waals surface area contributed by atoms with Crippen LogP contribution in [0.5, 0.6) is 0 Å². The summed E-state index contributed by atoms with van der Waals surface area (Å²) in [6.07, 6.45) is 6.80. The van der Waals surface area contributed by atoms with E-state index >= 15 is 0 Å². The topological polar surface area (TPSA) is 71.6 Å². The Hall–Kier alpha value is -3.52. The molecule has 0 radical (unpaired) electrons. The highest BCUT2D eigenvalue weighted by atomic mass is 16.2. The van der Waals surface area contributed by atoms with Crippen molar-refractivity contribution in [1.29, 1.82) is 0 Å². The number of aryl methyl sites for hydroxylation is 2. The van der Waals surface area contributed by atoms with Crippen molar-refractivity contribution in [1.82, 2.24) is 33.7 Å². The Morgan fingerprint density at radius 3 is 2.67 bits per heavy atom. The average molecular weight is 442 g/mol. The van der Waals surface area contributed by atoms with Gasteiger partial charge >= 0.3 is 0 Å². The first-order valence-electron chi connectivity index (χ1n) is 11.6. The number of piperazine rings is 1. The van der Waals surface area contributed by atoms with Gasteiger partial charge in [-0.2, -0.15) is 0 Å². The van der Waals surface area contributed by atoms with Gasteiger partial charge in [-0.25, -0.2) is 15.0 Å². The summed E-state index contributed by atoms with van der Waals surface area (Å²) in [5.41, 5.74) is 6.55. The molecule has 5 heterocycles. The van der Waals surface area contributed by atoms with E-state index < -0.39 is 0 Å². The van der Waals surface area contributed by atoms with Crippen LogP contribution in [0.15, 0.2) is 42.7 Å². The van der Waals surface area contributed by atoms with E-state index in [0.717, 1.165) is 79.7 Å². The van der Waals surface area contributed by atoms with Crippen LogP contribution < -0.4 is 0 Å². The van der Waals surface area contributed by atoms with E-state index in [1.807, 2.05) is 46.7 Å². The van der Waals surface area contributed by atoms with E-state index in [1.54, 1.807) is 6.20 Å². The van der Waals surface area contributed by atoms with Gasteiger partial charge in [0.2, 0.25) is 0 Å². The minimum absolute atomic E-state index is 0.0317. The van der Waals surface area contributed by atoms with Crippen LogP contribution in [0.25, 0.3) is 22.9 Å². The zero-order valence-electron chi connectivity index (χ0n) is 19.0.